The normalized spacial score (nSPS) is 13.8. The molecule has 28 heavy (non-hydrogen) atoms. The number of hydrogen-bond donors (Lipinski definition) is 4. The van der Waals surface area contributed by atoms with E-state index in [1.807, 2.05) is 48.8 Å². The van der Waals surface area contributed by atoms with Gasteiger partial charge in [0.05, 0.1) is 6.54 Å². The molecule has 0 saturated carbocycles. The minimum Gasteiger partial charge on any atom is -0.383 e. The van der Waals surface area contributed by atoms with E-state index in [9.17, 15) is 5.11 Å². The molecular weight excluding hydrogens is 507 g/mol. The standard InChI is InChI=1S/C20H25ClN4OS.HI/c1-3-22-19(25-13-20(2,26)18-5-4-10-27-18)23-9-8-14-12-24-17-7-6-15(21)11-16(14)17;/h4-7,10-12,24,26H,3,8-9,13H2,1-2H3,(H2,22,23,25);1H. The first-order valence-electron chi connectivity index (χ1n) is 9.03. The number of H-pyrrole nitrogens is 1. The van der Waals surface area contributed by atoms with Gasteiger partial charge >= 0.3 is 0 Å². The molecule has 5 nitrogen and oxygen atoms in total. The highest BCUT2D eigenvalue weighted by atomic mass is 127. The molecule has 0 radical (unpaired) electrons. The lowest BCUT2D eigenvalue weighted by Crippen LogP contribution is -2.39. The lowest BCUT2D eigenvalue weighted by atomic mass is 10.1. The lowest BCUT2D eigenvalue weighted by molar-refractivity contribution is 0.0711. The van der Waals surface area contributed by atoms with Gasteiger partial charge in [0.2, 0.25) is 0 Å². The summed E-state index contributed by atoms with van der Waals surface area (Å²) in [6.45, 7) is 5.60. The number of guanidine groups is 1. The van der Waals surface area contributed by atoms with Crippen molar-refractivity contribution in [3.8, 4) is 0 Å². The average Bonchev–Trinajstić information content (AvgIpc) is 3.30. The minimum absolute atomic E-state index is 0. The number of thiophene rings is 1. The average molecular weight is 533 g/mol. The van der Waals surface area contributed by atoms with E-state index in [0.717, 1.165) is 40.3 Å². The topological polar surface area (TPSA) is 72.4 Å². The number of aromatic nitrogens is 1. The third-order valence-corrected chi connectivity index (χ3v) is 5.72. The number of hydrogen-bond acceptors (Lipinski definition) is 3. The molecule has 0 bridgehead atoms. The van der Waals surface area contributed by atoms with Gasteiger partial charge in [-0.25, -0.2) is 4.99 Å². The number of nitrogens with one attached hydrogen (secondary N) is 3. The summed E-state index contributed by atoms with van der Waals surface area (Å²) in [5.74, 6) is 0.701. The third kappa shape index (κ3) is 5.85. The van der Waals surface area contributed by atoms with Crippen LogP contribution in [0.4, 0.5) is 0 Å². The van der Waals surface area contributed by atoms with Crippen molar-refractivity contribution in [2.75, 3.05) is 19.6 Å². The summed E-state index contributed by atoms with van der Waals surface area (Å²) in [4.78, 5) is 8.75. The molecule has 3 aromatic rings. The van der Waals surface area contributed by atoms with Crippen molar-refractivity contribution >= 4 is 63.8 Å². The molecule has 0 aliphatic rings. The van der Waals surface area contributed by atoms with Crippen LogP contribution in [0.25, 0.3) is 10.9 Å². The summed E-state index contributed by atoms with van der Waals surface area (Å²) in [7, 11) is 0. The van der Waals surface area contributed by atoms with E-state index in [2.05, 4.69) is 20.6 Å². The van der Waals surface area contributed by atoms with Crippen LogP contribution in [-0.2, 0) is 12.0 Å². The lowest BCUT2D eigenvalue weighted by Gasteiger charge is -2.20. The van der Waals surface area contributed by atoms with Gasteiger partial charge in [-0.1, -0.05) is 17.7 Å². The number of nitrogens with zero attached hydrogens (tertiary/aromatic N) is 1. The van der Waals surface area contributed by atoms with Gasteiger partial charge in [0.1, 0.15) is 5.60 Å². The van der Waals surface area contributed by atoms with Crippen LogP contribution in [0.5, 0.6) is 0 Å². The number of fused-ring (bicyclic) bond motifs is 1. The van der Waals surface area contributed by atoms with Gasteiger partial charge in [0.25, 0.3) is 0 Å². The summed E-state index contributed by atoms with van der Waals surface area (Å²) in [6.07, 6.45) is 2.86. The fourth-order valence-corrected chi connectivity index (χ4v) is 3.86. The van der Waals surface area contributed by atoms with E-state index in [1.54, 1.807) is 6.92 Å². The number of halogens is 2. The SMILES string of the molecule is CCNC(=NCC(C)(O)c1cccs1)NCCc1c[nH]c2ccc(Cl)cc12.I. The van der Waals surface area contributed by atoms with Crippen LogP contribution in [0.2, 0.25) is 5.02 Å². The molecule has 1 aromatic carbocycles. The van der Waals surface area contributed by atoms with E-state index < -0.39 is 5.60 Å². The van der Waals surface area contributed by atoms with Crippen molar-refractivity contribution in [1.29, 1.82) is 0 Å². The first kappa shape index (κ1) is 23.0. The fourth-order valence-electron chi connectivity index (χ4n) is 2.91. The molecule has 0 aliphatic heterocycles. The molecule has 4 N–H and O–H groups in total. The molecule has 0 spiro atoms. The molecule has 8 heteroatoms. The van der Waals surface area contributed by atoms with Crippen LogP contribution in [0, 0.1) is 0 Å². The molecule has 0 aliphatic carbocycles. The predicted molar refractivity (Wildman–Crippen MR) is 130 cm³/mol. The van der Waals surface area contributed by atoms with Crippen LogP contribution in [-0.4, -0.2) is 35.7 Å². The molecule has 3 rings (SSSR count). The zero-order chi connectivity index (χ0) is 19.3. The van der Waals surface area contributed by atoms with Crippen LogP contribution in [0.1, 0.15) is 24.3 Å². The fraction of sp³-hybridized carbons (Fsp3) is 0.350. The van der Waals surface area contributed by atoms with Crippen LogP contribution in [0.15, 0.2) is 46.9 Å². The maximum atomic E-state index is 10.6. The molecule has 152 valence electrons. The Bertz CT molecular complexity index is 908. The van der Waals surface area contributed by atoms with E-state index in [4.69, 9.17) is 11.6 Å². The van der Waals surface area contributed by atoms with Crippen LogP contribution < -0.4 is 10.6 Å². The Morgan fingerprint density at radius 1 is 1.32 bits per heavy atom. The van der Waals surface area contributed by atoms with Gasteiger partial charge in [-0.05, 0) is 55.5 Å². The number of benzene rings is 1. The van der Waals surface area contributed by atoms with E-state index in [1.165, 1.54) is 16.9 Å². The molecular formula is C20H26ClIN4OS. The van der Waals surface area contributed by atoms with Gasteiger partial charge in [0, 0.05) is 40.1 Å². The molecule has 0 saturated heterocycles. The Kier molecular flexibility index (Phi) is 8.60. The Balaban J connectivity index is 0.00000280. The van der Waals surface area contributed by atoms with E-state index in [0.29, 0.717) is 12.5 Å². The number of rotatable bonds is 7. The molecule has 0 fully saturated rings. The Morgan fingerprint density at radius 3 is 2.86 bits per heavy atom. The van der Waals surface area contributed by atoms with E-state index >= 15 is 0 Å². The van der Waals surface area contributed by atoms with Crippen molar-refractivity contribution in [2.45, 2.75) is 25.9 Å². The second-order valence-electron chi connectivity index (χ2n) is 6.63. The van der Waals surface area contributed by atoms with Crippen LogP contribution >= 0.6 is 46.9 Å². The summed E-state index contributed by atoms with van der Waals surface area (Å²) in [6, 6.07) is 9.74. The van der Waals surface area contributed by atoms with Gasteiger partial charge < -0.3 is 20.7 Å². The molecule has 1 atom stereocenters. The highest BCUT2D eigenvalue weighted by Gasteiger charge is 2.23. The summed E-state index contributed by atoms with van der Waals surface area (Å²) in [5.41, 5.74) is 1.33. The quantitative estimate of drug-likeness (QED) is 0.206. The van der Waals surface area contributed by atoms with Crippen LogP contribution in [0.3, 0.4) is 0 Å². The molecule has 1 unspecified atom stereocenters. The number of aliphatic imine (C=N–C) groups is 1. The van der Waals surface area contributed by atoms with E-state index in [-0.39, 0.29) is 24.0 Å². The zero-order valence-electron chi connectivity index (χ0n) is 16.0. The minimum atomic E-state index is -0.968. The summed E-state index contributed by atoms with van der Waals surface area (Å²) in [5, 5.41) is 21.1. The van der Waals surface area contributed by atoms with Gasteiger partial charge in [-0.3, -0.25) is 0 Å². The Labute approximate surface area is 191 Å². The Morgan fingerprint density at radius 2 is 2.14 bits per heavy atom. The summed E-state index contributed by atoms with van der Waals surface area (Å²) >= 11 is 7.66. The summed E-state index contributed by atoms with van der Waals surface area (Å²) < 4.78 is 0. The second kappa shape index (κ2) is 10.5. The first-order valence-corrected chi connectivity index (χ1v) is 10.3. The van der Waals surface area contributed by atoms with Crippen molar-refractivity contribution in [3.63, 3.8) is 0 Å². The monoisotopic (exact) mass is 532 g/mol. The predicted octanol–water partition coefficient (Wildman–Crippen LogP) is 4.51. The van der Waals surface area contributed by atoms with Gasteiger partial charge in [0.15, 0.2) is 5.96 Å². The van der Waals surface area contributed by atoms with Gasteiger partial charge in [-0.2, -0.15) is 0 Å². The Hall–Kier alpha value is -1.29. The largest absolute Gasteiger partial charge is 0.383 e. The zero-order valence-corrected chi connectivity index (χ0v) is 19.9. The third-order valence-electron chi connectivity index (χ3n) is 4.36. The first-order chi connectivity index (χ1) is 13.0. The second-order valence-corrected chi connectivity index (χ2v) is 8.01. The molecule has 0 amide bonds. The van der Waals surface area contributed by atoms with Gasteiger partial charge in [-0.15, -0.1) is 35.3 Å². The maximum absolute atomic E-state index is 10.6. The van der Waals surface area contributed by atoms with Crippen molar-refractivity contribution in [3.05, 3.63) is 57.4 Å². The highest BCUT2D eigenvalue weighted by Crippen LogP contribution is 2.25. The number of aromatic amines is 1. The highest BCUT2D eigenvalue weighted by molar-refractivity contribution is 14.0. The number of aliphatic hydroxyl groups is 1. The smallest absolute Gasteiger partial charge is 0.191 e. The van der Waals surface area contributed by atoms with Crippen molar-refractivity contribution in [1.82, 2.24) is 15.6 Å². The maximum Gasteiger partial charge on any atom is 0.191 e. The molecule has 2 heterocycles. The van der Waals surface area contributed by atoms with Crippen molar-refractivity contribution in [2.24, 2.45) is 4.99 Å². The molecule has 2 aromatic heterocycles. The van der Waals surface area contributed by atoms with Crippen molar-refractivity contribution < 1.29 is 5.11 Å².